The van der Waals surface area contributed by atoms with Gasteiger partial charge in [0, 0.05) is 31.8 Å². The van der Waals surface area contributed by atoms with Gasteiger partial charge < -0.3 is 4.90 Å². The average molecular weight is 305 g/mol. The second kappa shape index (κ2) is 7.09. The minimum absolute atomic E-state index is 0.737. The van der Waals surface area contributed by atoms with Crippen LogP contribution in [0.3, 0.4) is 0 Å². The number of nitrogens with zero attached hydrogens (tertiary/aromatic N) is 3. The van der Waals surface area contributed by atoms with Gasteiger partial charge in [0.05, 0.1) is 0 Å². The first-order valence-electron chi connectivity index (χ1n) is 7.79. The van der Waals surface area contributed by atoms with Gasteiger partial charge in [0.2, 0.25) is 0 Å². The van der Waals surface area contributed by atoms with Crippen molar-refractivity contribution in [3.05, 3.63) is 72.4 Å². The lowest BCUT2D eigenvalue weighted by molar-refractivity contribution is 0.910. The number of rotatable bonds is 6. The maximum Gasteiger partial charge on any atom is 0.181 e. The van der Waals surface area contributed by atoms with Crippen LogP contribution in [0.25, 0.3) is 11.4 Å². The zero-order chi connectivity index (χ0) is 16.1. The van der Waals surface area contributed by atoms with Crippen LogP contribution in [0, 0.1) is 6.42 Å². The predicted octanol–water partition coefficient (Wildman–Crippen LogP) is 3.72. The van der Waals surface area contributed by atoms with Crippen LogP contribution in [0.4, 0.5) is 5.69 Å². The Morgan fingerprint density at radius 1 is 1.00 bits per heavy atom. The molecule has 0 bridgehead atoms. The topological polar surface area (TPSA) is 44.8 Å². The Kier molecular flexibility index (Phi) is 4.71. The minimum Gasteiger partial charge on any atom is -0.378 e. The third-order valence-corrected chi connectivity index (χ3v) is 3.76. The summed E-state index contributed by atoms with van der Waals surface area (Å²) >= 11 is 0. The molecule has 0 saturated carbocycles. The van der Waals surface area contributed by atoms with Crippen LogP contribution in [0.15, 0.2) is 54.6 Å². The summed E-state index contributed by atoms with van der Waals surface area (Å²) in [7, 11) is 4.06. The predicted molar refractivity (Wildman–Crippen MR) is 94.3 cm³/mol. The molecule has 1 heterocycles. The fourth-order valence-electron chi connectivity index (χ4n) is 2.42. The summed E-state index contributed by atoms with van der Waals surface area (Å²) in [5.74, 6) is 1.56. The number of hydrogen-bond acceptors (Lipinski definition) is 3. The van der Waals surface area contributed by atoms with Gasteiger partial charge in [-0.25, -0.2) is 4.98 Å². The first-order valence-corrected chi connectivity index (χ1v) is 7.79. The normalized spacial score (nSPS) is 10.7. The molecule has 3 aromatic rings. The van der Waals surface area contributed by atoms with E-state index in [0.717, 1.165) is 30.1 Å². The molecule has 0 spiro atoms. The molecule has 2 aromatic carbocycles. The van der Waals surface area contributed by atoms with E-state index in [1.807, 2.05) is 32.3 Å². The Morgan fingerprint density at radius 2 is 1.74 bits per heavy atom. The van der Waals surface area contributed by atoms with Gasteiger partial charge in [-0.15, -0.1) is 0 Å². The number of hydrogen-bond donors (Lipinski definition) is 1. The maximum absolute atomic E-state index is 4.55. The van der Waals surface area contributed by atoms with Gasteiger partial charge in [0.15, 0.2) is 5.82 Å². The second-order valence-corrected chi connectivity index (χ2v) is 5.71. The van der Waals surface area contributed by atoms with Gasteiger partial charge in [0.25, 0.3) is 0 Å². The molecule has 4 nitrogen and oxygen atoms in total. The number of aromatic nitrogens is 3. The van der Waals surface area contributed by atoms with Crippen LogP contribution < -0.4 is 4.90 Å². The van der Waals surface area contributed by atoms with Crippen molar-refractivity contribution >= 4 is 5.69 Å². The average Bonchev–Trinajstić information content (AvgIpc) is 3.05. The fourth-order valence-corrected chi connectivity index (χ4v) is 2.42. The van der Waals surface area contributed by atoms with Crippen molar-refractivity contribution in [2.75, 3.05) is 19.0 Å². The fraction of sp³-hybridized carbons (Fsp3) is 0.211. The van der Waals surface area contributed by atoms with Gasteiger partial charge in [-0.3, -0.25) is 5.10 Å². The largest absolute Gasteiger partial charge is 0.378 e. The molecule has 0 aliphatic carbocycles. The first kappa shape index (κ1) is 15.3. The summed E-state index contributed by atoms with van der Waals surface area (Å²) < 4.78 is 0. The third kappa shape index (κ3) is 3.97. The van der Waals surface area contributed by atoms with E-state index in [-0.39, 0.29) is 0 Å². The Bertz CT molecular complexity index is 730. The molecule has 0 amide bonds. The van der Waals surface area contributed by atoms with Crippen molar-refractivity contribution in [3.63, 3.8) is 0 Å². The monoisotopic (exact) mass is 305 g/mol. The van der Waals surface area contributed by atoms with Gasteiger partial charge in [0.1, 0.15) is 5.82 Å². The summed E-state index contributed by atoms with van der Waals surface area (Å²) in [5.41, 5.74) is 3.52. The highest BCUT2D eigenvalue weighted by Crippen LogP contribution is 2.19. The van der Waals surface area contributed by atoms with E-state index in [2.05, 4.69) is 62.9 Å². The summed E-state index contributed by atoms with van der Waals surface area (Å²) in [6.45, 7) is 0. The summed E-state index contributed by atoms with van der Waals surface area (Å²) in [6.07, 6.45) is 4.05. The van der Waals surface area contributed by atoms with Gasteiger partial charge in [-0.1, -0.05) is 30.3 Å². The summed E-state index contributed by atoms with van der Waals surface area (Å²) in [5, 5.41) is 7.31. The van der Waals surface area contributed by atoms with E-state index < -0.39 is 0 Å². The van der Waals surface area contributed by atoms with E-state index in [9.17, 15) is 0 Å². The van der Waals surface area contributed by atoms with Crippen molar-refractivity contribution in [2.24, 2.45) is 0 Å². The quantitative estimate of drug-likeness (QED) is 0.755. The molecule has 1 aromatic heterocycles. The molecule has 23 heavy (non-hydrogen) atoms. The third-order valence-electron chi connectivity index (χ3n) is 3.76. The number of H-pyrrole nitrogens is 1. The Morgan fingerprint density at radius 3 is 2.43 bits per heavy atom. The highest BCUT2D eigenvalue weighted by Gasteiger charge is 2.06. The smallest absolute Gasteiger partial charge is 0.181 e. The Balaban J connectivity index is 1.59. The van der Waals surface area contributed by atoms with E-state index in [4.69, 9.17) is 0 Å². The van der Waals surface area contributed by atoms with E-state index in [1.54, 1.807) is 0 Å². The van der Waals surface area contributed by atoms with Crippen LogP contribution in [0.1, 0.15) is 17.8 Å². The highest BCUT2D eigenvalue weighted by molar-refractivity contribution is 5.60. The molecule has 0 fully saturated rings. The zero-order valence-corrected chi connectivity index (χ0v) is 13.5. The summed E-state index contributed by atoms with van der Waals surface area (Å²) in [4.78, 5) is 6.62. The van der Waals surface area contributed by atoms with Crippen molar-refractivity contribution in [3.8, 4) is 11.4 Å². The van der Waals surface area contributed by atoms with Crippen LogP contribution in [-0.4, -0.2) is 29.3 Å². The SMILES string of the molecule is CN(C)c1ccc(-c2n[nH]c([CH]CCc3ccccc3)n2)cc1. The zero-order valence-electron chi connectivity index (χ0n) is 13.5. The number of anilines is 1. The molecule has 117 valence electrons. The molecule has 0 aliphatic rings. The lowest BCUT2D eigenvalue weighted by Crippen LogP contribution is -2.07. The lowest BCUT2D eigenvalue weighted by Gasteiger charge is -2.11. The van der Waals surface area contributed by atoms with Crippen LogP contribution in [-0.2, 0) is 6.42 Å². The van der Waals surface area contributed by atoms with Crippen LogP contribution >= 0.6 is 0 Å². The molecule has 1 N–H and O–H groups in total. The number of benzene rings is 2. The lowest BCUT2D eigenvalue weighted by atomic mass is 10.1. The van der Waals surface area contributed by atoms with Crippen molar-refractivity contribution in [1.29, 1.82) is 0 Å². The number of aryl methyl sites for hydroxylation is 1. The second-order valence-electron chi connectivity index (χ2n) is 5.71. The highest BCUT2D eigenvalue weighted by atomic mass is 15.2. The molecule has 3 rings (SSSR count). The molecular weight excluding hydrogens is 284 g/mol. The van der Waals surface area contributed by atoms with Gasteiger partial charge in [-0.2, -0.15) is 5.10 Å². The van der Waals surface area contributed by atoms with Crippen molar-refractivity contribution in [2.45, 2.75) is 12.8 Å². The minimum atomic E-state index is 0.737. The molecular formula is C19H21N4. The van der Waals surface area contributed by atoms with Crippen LogP contribution in [0.2, 0.25) is 0 Å². The first-order chi connectivity index (χ1) is 11.2. The molecule has 4 heteroatoms. The van der Waals surface area contributed by atoms with E-state index in [1.165, 1.54) is 11.3 Å². The Labute approximate surface area is 137 Å². The Hall–Kier alpha value is -2.62. The molecule has 0 saturated heterocycles. The van der Waals surface area contributed by atoms with Gasteiger partial charge in [-0.05, 0) is 42.7 Å². The molecule has 1 radical (unpaired) electrons. The number of aromatic amines is 1. The molecule has 0 aliphatic heterocycles. The van der Waals surface area contributed by atoms with Crippen LogP contribution in [0.5, 0.6) is 0 Å². The van der Waals surface area contributed by atoms with Crippen molar-refractivity contribution < 1.29 is 0 Å². The summed E-state index contributed by atoms with van der Waals surface area (Å²) in [6, 6.07) is 18.7. The van der Waals surface area contributed by atoms with Gasteiger partial charge >= 0.3 is 0 Å². The van der Waals surface area contributed by atoms with Crippen molar-refractivity contribution in [1.82, 2.24) is 15.2 Å². The molecule has 0 unspecified atom stereocenters. The maximum atomic E-state index is 4.55. The van der Waals surface area contributed by atoms with E-state index >= 15 is 0 Å². The standard InChI is InChI=1S/C19H21N4/c1-23(2)17-13-11-16(12-14-17)19-20-18(21-22-19)10-6-9-15-7-4-3-5-8-15/h3-5,7-8,10-14H,6,9H2,1-2H3,(H,20,21,22). The van der Waals surface area contributed by atoms with E-state index in [0.29, 0.717) is 0 Å². The molecule has 0 atom stereocenters. The number of nitrogens with one attached hydrogen (secondary N) is 1.